The van der Waals surface area contributed by atoms with Gasteiger partial charge in [0, 0.05) is 25.0 Å². The van der Waals surface area contributed by atoms with E-state index in [1.165, 1.54) is 18.4 Å². The van der Waals surface area contributed by atoms with Crippen molar-refractivity contribution in [3.05, 3.63) is 59.9 Å². The highest BCUT2D eigenvalue weighted by molar-refractivity contribution is 7.88. The van der Waals surface area contributed by atoms with E-state index < -0.39 is 10.0 Å². The second-order valence-corrected chi connectivity index (χ2v) is 10.2. The van der Waals surface area contributed by atoms with Gasteiger partial charge in [-0.1, -0.05) is 36.4 Å². The summed E-state index contributed by atoms with van der Waals surface area (Å²) in [4.78, 5) is 15.0. The average Bonchev–Trinajstić information content (AvgIpc) is 3.51. The molecule has 3 atom stereocenters. The zero-order valence-electron chi connectivity index (χ0n) is 17.1. The number of carbonyl (C=O) groups excluding carboxylic acids is 1. The van der Waals surface area contributed by atoms with Gasteiger partial charge in [0.05, 0.1) is 6.26 Å². The number of benzene rings is 2. The Balaban J connectivity index is 1.45. The number of hydrogen-bond donors (Lipinski definition) is 1. The minimum Gasteiger partial charge on any atom is -0.342 e. The van der Waals surface area contributed by atoms with Crippen molar-refractivity contribution in [2.24, 2.45) is 5.92 Å². The topological polar surface area (TPSA) is 66.5 Å². The number of hydrogen-bond acceptors (Lipinski definition) is 3. The summed E-state index contributed by atoms with van der Waals surface area (Å²) in [6, 6.07) is 14.4. The molecular formula is C23H27FN2O3S. The van der Waals surface area contributed by atoms with Crippen LogP contribution in [-0.2, 0) is 14.8 Å². The lowest BCUT2D eigenvalue weighted by Crippen LogP contribution is -2.36. The molecule has 2 fully saturated rings. The van der Waals surface area contributed by atoms with Gasteiger partial charge in [0.25, 0.3) is 0 Å². The highest BCUT2D eigenvalue weighted by Crippen LogP contribution is 2.51. The van der Waals surface area contributed by atoms with Crippen LogP contribution >= 0.6 is 0 Å². The highest BCUT2D eigenvalue weighted by Gasteiger charge is 2.46. The van der Waals surface area contributed by atoms with Crippen LogP contribution in [0.15, 0.2) is 48.5 Å². The summed E-state index contributed by atoms with van der Waals surface area (Å²) in [5.41, 5.74) is 2.90. The van der Waals surface area contributed by atoms with Gasteiger partial charge in [-0.05, 0) is 60.4 Å². The first-order valence-electron chi connectivity index (χ1n) is 10.4. The summed E-state index contributed by atoms with van der Waals surface area (Å²) in [6.45, 7) is 1.23. The van der Waals surface area contributed by atoms with Gasteiger partial charge in [0.2, 0.25) is 15.9 Å². The van der Waals surface area contributed by atoms with Crippen LogP contribution in [0, 0.1) is 11.7 Å². The molecule has 1 aliphatic carbocycles. The first kappa shape index (κ1) is 21.0. The second kappa shape index (κ2) is 8.47. The molecule has 30 heavy (non-hydrogen) atoms. The van der Waals surface area contributed by atoms with Gasteiger partial charge in [-0.15, -0.1) is 0 Å². The number of halogens is 1. The van der Waals surface area contributed by atoms with Gasteiger partial charge in [0.15, 0.2) is 0 Å². The van der Waals surface area contributed by atoms with Crippen molar-refractivity contribution in [2.75, 3.05) is 19.3 Å². The molecule has 0 spiro atoms. The SMILES string of the molecule is CS(=O)(=O)N[C@@H]1CCCN(C(=O)[C@@H]2C[C@H]2c2ccccc2-c2cccc(F)c2)CC1. The Morgan fingerprint density at radius 3 is 2.67 bits per heavy atom. The Hall–Kier alpha value is -2.25. The van der Waals surface area contributed by atoms with E-state index in [2.05, 4.69) is 4.72 Å². The smallest absolute Gasteiger partial charge is 0.226 e. The van der Waals surface area contributed by atoms with Gasteiger partial charge in [-0.3, -0.25) is 4.79 Å². The molecule has 1 saturated heterocycles. The molecule has 0 unspecified atom stereocenters. The molecule has 1 N–H and O–H groups in total. The summed E-state index contributed by atoms with van der Waals surface area (Å²) < 4.78 is 39.4. The molecule has 7 heteroatoms. The molecule has 2 aromatic carbocycles. The molecule has 0 bridgehead atoms. The summed E-state index contributed by atoms with van der Waals surface area (Å²) in [5, 5.41) is 0. The second-order valence-electron chi connectivity index (χ2n) is 8.39. The standard InChI is InChI=1S/C23H27FN2O3S/c1-30(28,29)25-18-8-5-12-26(13-11-18)23(27)22-15-21(22)20-10-3-2-9-19(20)16-6-4-7-17(24)14-16/h2-4,6-7,9-10,14,18,21-22,25H,5,8,11-13,15H2,1H3/t18-,21+,22-/m1/s1. The molecule has 2 aliphatic rings. The first-order chi connectivity index (χ1) is 14.3. The Morgan fingerprint density at radius 2 is 1.90 bits per heavy atom. The number of sulfonamides is 1. The minimum atomic E-state index is -3.24. The van der Waals surface area contributed by atoms with Crippen LogP contribution in [0.25, 0.3) is 11.1 Å². The van der Waals surface area contributed by atoms with Crippen LogP contribution in [0.2, 0.25) is 0 Å². The van der Waals surface area contributed by atoms with Crippen molar-refractivity contribution >= 4 is 15.9 Å². The van der Waals surface area contributed by atoms with E-state index in [9.17, 15) is 17.6 Å². The van der Waals surface area contributed by atoms with E-state index in [0.29, 0.717) is 19.5 Å². The van der Waals surface area contributed by atoms with Crippen molar-refractivity contribution in [1.82, 2.24) is 9.62 Å². The van der Waals surface area contributed by atoms with Gasteiger partial charge < -0.3 is 4.90 Å². The fourth-order valence-electron chi connectivity index (χ4n) is 4.52. The van der Waals surface area contributed by atoms with Gasteiger partial charge in [-0.25, -0.2) is 17.5 Å². The van der Waals surface area contributed by atoms with Crippen molar-refractivity contribution < 1.29 is 17.6 Å². The Morgan fingerprint density at radius 1 is 1.10 bits per heavy atom. The molecule has 4 rings (SSSR count). The summed E-state index contributed by atoms with van der Waals surface area (Å²) in [5.74, 6) is -0.0362. The lowest BCUT2D eigenvalue weighted by molar-refractivity contribution is -0.132. The van der Waals surface area contributed by atoms with E-state index in [0.717, 1.165) is 36.0 Å². The highest BCUT2D eigenvalue weighted by atomic mass is 32.2. The average molecular weight is 431 g/mol. The Bertz CT molecular complexity index is 1040. The van der Waals surface area contributed by atoms with E-state index >= 15 is 0 Å². The Kier molecular flexibility index (Phi) is 5.93. The van der Waals surface area contributed by atoms with Gasteiger partial charge in [-0.2, -0.15) is 0 Å². The third-order valence-electron chi connectivity index (χ3n) is 6.02. The van der Waals surface area contributed by atoms with E-state index in [4.69, 9.17) is 0 Å². The molecule has 1 heterocycles. The molecule has 1 saturated carbocycles. The lowest BCUT2D eigenvalue weighted by Gasteiger charge is -2.21. The van der Waals surface area contributed by atoms with Gasteiger partial charge in [0.1, 0.15) is 5.82 Å². The quantitative estimate of drug-likeness (QED) is 0.789. The van der Waals surface area contributed by atoms with Crippen molar-refractivity contribution in [3.63, 3.8) is 0 Å². The molecule has 1 aliphatic heterocycles. The third-order valence-corrected chi connectivity index (χ3v) is 6.79. The van der Waals surface area contributed by atoms with Gasteiger partial charge >= 0.3 is 0 Å². The maximum atomic E-state index is 13.7. The largest absolute Gasteiger partial charge is 0.342 e. The maximum Gasteiger partial charge on any atom is 0.226 e. The maximum absolute atomic E-state index is 13.7. The minimum absolute atomic E-state index is 0.0564. The normalized spacial score (nSPS) is 24.3. The fourth-order valence-corrected chi connectivity index (χ4v) is 5.36. The van der Waals surface area contributed by atoms with Crippen LogP contribution in [0.3, 0.4) is 0 Å². The number of nitrogens with one attached hydrogen (secondary N) is 1. The van der Waals surface area contributed by atoms with Crippen molar-refractivity contribution in [3.8, 4) is 11.1 Å². The molecule has 2 aromatic rings. The van der Waals surface area contributed by atoms with E-state index in [1.807, 2.05) is 35.2 Å². The zero-order valence-corrected chi connectivity index (χ0v) is 17.9. The van der Waals surface area contributed by atoms with Crippen LogP contribution < -0.4 is 4.72 Å². The number of likely N-dealkylation sites (tertiary alicyclic amines) is 1. The fraction of sp³-hybridized carbons (Fsp3) is 0.435. The predicted molar refractivity (Wildman–Crippen MR) is 115 cm³/mol. The number of nitrogens with zero attached hydrogens (tertiary/aromatic N) is 1. The molecule has 160 valence electrons. The molecule has 0 radical (unpaired) electrons. The van der Waals surface area contributed by atoms with E-state index in [1.54, 1.807) is 6.07 Å². The predicted octanol–water partition coefficient (Wildman–Crippen LogP) is 3.53. The van der Waals surface area contributed by atoms with Crippen molar-refractivity contribution in [2.45, 2.75) is 37.6 Å². The molecule has 5 nitrogen and oxygen atoms in total. The van der Waals surface area contributed by atoms with Crippen molar-refractivity contribution in [1.29, 1.82) is 0 Å². The number of rotatable bonds is 5. The molecule has 1 amide bonds. The monoisotopic (exact) mass is 430 g/mol. The number of amides is 1. The lowest BCUT2D eigenvalue weighted by atomic mass is 9.96. The molecular weight excluding hydrogens is 403 g/mol. The van der Waals surface area contributed by atoms with Crippen LogP contribution in [0.1, 0.15) is 37.2 Å². The zero-order chi connectivity index (χ0) is 21.3. The Labute approximate surface area is 177 Å². The summed E-state index contributed by atoms with van der Waals surface area (Å²) in [7, 11) is -3.24. The van der Waals surface area contributed by atoms with Crippen LogP contribution in [0.5, 0.6) is 0 Å². The number of carbonyl (C=O) groups is 1. The van der Waals surface area contributed by atoms with Crippen LogP contribution in [0.4, 0.5) is 4.39 Å². The van der Waals surface area contributed by atoms with Crippen LogP contribution in [-0.4, -0.2) is 44.6 Å². The molecule has 0 aromatic heterocycles. The summed E-state index contributed by atoms with van der Waals surface area (Å²) in [6.07, 6.45) is 4.14. The first-order valence-corrected chi connectivity index (χ1v) is 12.3. The third kappa shape index (κ3) is 4.90. The van der Waals surface area contributed by atoms with E-state index in [-0.39, 0.29) is 29.6 Å². The summed E-state index contributed by atoms with van der Waals surface area (Å²) >= 11 is 0.